The Morgan fingerprint density at radius 3 is 2.44 bits per heavy atom. The van der Waals surface area contributed by atoms with E-state index in [1.54, 1.807) is 23.9 Å². The number of hydrogen-bond donors (Lipinski definition) is 0. The van der Waals surface area contributed by atoms with Gasteiger partial charge in [0.25, 0.3) is 0 Å². The van der Waals surface area contributed by atoms with Crippen LogP contribution in [0.4, 0.5) is 0 Å². The Hall–Kier alpha value is -3.18. The van der Waals surface area contributed by atoms with Crippen LogP contribution in [-0.2, 0) is 16.1 Å². The first kappa shape index (κ1) is 16.7. The van der Waals surface area contributed by atoms with E-state index in [0.29, 0.717) is 18.2 Å². The van der Waals surface area contributed by atoms with Crippen molar-refractivity contribution in [1.82, 2.24) is 9.78 Å². The van der Waals surface area contributed by atoms with Crippen molar-refractivity contribution in [3.05, 3.63) is 84.1 Å². The van der Waals surface area contributed by atoms with Crippen molar-refractivity contribution in [3.63, 3.8) is 0 Å². The lowest BCUT2D eigenvalue weighted by Crippen LogP contribution is -2.08. The van der Waals surface area contributed by atoms with Crippen LogP contribution >= 0.6 is 0 Å². The highest BCUT2D eigenvalue weighted by molar-refractivity contribution is 5.88. The molecule has 3 rings (SSSR count). The number of benzene rings is 2. The van der Waals surface area contributed by atoms with E-state index in [1.165, 1.54) is 6.08 Å². The van der Waals surface area contributed by atoms with Crippen LogP contribution < -0.4 is 4.74 Å². The van der Waals surface area contributed by atoms with Gasteiger partial charge in [-0.25, -0.2) is 9.48 Å². The average molecular weight is 334 g/mol. The molecular formula is C20H18N2O3. The molecule has 0 amide bonds. The molecule has 0 fully saturated rings. The first-order valence-electron chi connectivity index (χ1n) is 7.84. The number of carbonyl (C=O) groups is 1. The molecule has 0 N–H and O–H groups in total. The molecule has 0 radical (unpaired) electrons. The summed E-state index contributed by atoms with van der Waals surface area (Å²) in [6.07, 6.45) is 3.11. The zero-order valence-electron chi connectivity index (χ0n) is 13.8. The van der Waals surface area contributed by atoms with E-state index in [2.05, 4.69) is 5.10 Å². The van der Waals surface area contributed by atoms with Gasteiger partial charge in [-0.3, -0.25) is 0 Å². The van der Waals surface area contributed by atoms with Gasteiger partial charge < -0.3 is 9.47 Å². The average Bonchev–Trinajstić information content (AvgIpc) is 3.04. The molecule has 126 valence electrons. The molecule has 0 spiro atoms. The van der Waals surface area contributed by atoms with E-state index >= 15 is 0 Å². The van der Waals surface area contributed by atoms with Gasteiger partial charge in [0.2, 0.25) is 5.88 Å². The highest BCUT2D eigenvalue weighted by atomic mass is 16.5. The van der Waals surface area contributed by atoms with E-state index in [1.807, 2.05) is 60.7 Å². The lowest BCUT2D eigenvalue weighted by Gasteiger charge is -2.06. The van der Waals surface area contributed by atoms with E-state index in [9.17, 15) is 4.79 Å². The Morgan fingerprint density at radius 1 is 1.08 bits per heavy atom. The van der Waals surface area contributed by atoms with E-state index in [4.69, 9.17) is 9.47 Å². The third kappa shape index (κ3) is 4.43. The Bertz CT molecular complexity index is 855. The summed E-state index contributed by atoms with van der Waals surface area (Å²) in [6.45, 7) is 0.338. The van der Waals surface area contributed by atoms with Gasteiger partial charge in [-0.2, -0.15) is 5.10 Å². The third-order valence-electron chi connectivity index (χ3n) is 3.44. The second-order valence-electron chi connectivity index (χ2n) is 5.32. The van der Waals surface area contributed by atoms with Gasteiger partial charge in [0.1, 0.15) is 0 Å². The van der Waals surface area contributed by atoms with Crippen LogP contribution in [0.25, 0.3) is 11.8 Å². The maximum Gasteiger partial charge on any atom is 0.337 e. The molecule has 1 heterocycles. The number of rotatable bonds is 6. The molecule has 3 aromatic rings. The largest absolute Gasteiger partial charge is 0.404 e. The fraction of sp³-hybridized carbons (Fsp3) is 0.100. The van der Waals surface area contributed by atoms with Crippen LogP contribution in [-0.4, -0.2) is 22.9 Å². The lowest BCUT2D eigenvalue weighted by molar-refractivity contribution is -0.129. The lowest BCUT2D eigenvalue weighted by atomic mass is 10.2. The zero-order chi connectivity index (χ0) is 17.5. The summed E-state index contributed by atoms with van der Waals surface area (Å²) in [5, 5.41) is 4.43. The Labute approximate surface area is 146 Å². The van der Waals surface area contributed by atoms with Gasteiger partial charge in [-0.15, -0.1) is 0 Å². The number of ether oxygens (including phenoxy) is 2. The minimum Gasteiger partial charge on any atom is -0.404 e. The van der Waals surface area contributed by atoms with Gasteiger partial charge in [0.15, 0.2) is 0 Å². The van der Waals surface area contributed by atoms with Gasteiger partial charge in [-0.1, -0.05) is 48.5 Å². The minimum atomic E-state index is -0.468. The van der Waals surface area contributed by atoms with Crippen molar-refractivity contribution in [2.24, 2.45) is 0 Å². The Balaban J connectivity index is 1.81. The van der Waals surface area contributed by atoms with Gasteiger partial charge >= 0.3 is 5.97 Å². The maximum absolute atomic E-state index is 12.2. The van der Waals surface area contributed by atoms with Crippen molar-refractivity contribution < 1.29 is 14.3 Å². The number of para-hydroxylation sites is 1. The first-order valence-corrected chi connectivity index (χ1v) is 7.84. The number of carbonyl (C=O) groups excluding carboxylic acids is 1. The topological polar surface area (TPSA) is 53.4 Å². The van der Waals surface area contributed by atoms with Crippen LogP contribution in [0.2, 0.25) is 0 Å². The molecule has 0 atom stereocenters. The molecule has 0 saturated carbocycles. The standard InChI is InChI=1S/C20H18N2O3/c1-24-15-17-14-19(22(21-17)18-10-6-3-7-11-18)25-20(23)13-12-16-8-4-2-5-9-16/h2-14H,15H2,1H3/b13-12+. The highest BCUT2D eigenvalue weighted by Crippen LogP contribution is 2.20. The summed E-state index contributed by atoms with van der Waals surface area (Å²) in [5.74, 6) is -0.120. The molecule has 25 heavy (non-hydrogen) atoms. The van der Waals surface area contributed by atoms with Crippen molar-refractivity contribution in [3.8, 4) is 11.6 Å². The van der Waals surface area contributed by atoms with Crippen LogP contribution in [0.15, 0.2) is 72.8 Å². The summed E-state index contributed by atoms with van der Waals surface area (Å²) < 4.78 is 12.2. The molecule has 1 aromatic heterocycles. The third-order valence-corrected chi connectivity index (χ3v) is 3.44. The molecule has 0 saturated heterocycles. The quantitative estimate of drug-likeness (QED) is 0.510. The first-order chi connectivity index (χ1) is 12.3. The number of esters is 1. The predicted octanol–water partition coefficient (Wildman–Crippen LogP) is 3.64. The molecule has 5 nitrogen and oxygen atoms in total. The second kappa shape index (κ2) is 8.08. The summed E-state index contributed by atoms with van der Waals surface area (Å²) in [6, 6.07) is 20.7. The predicted molar refractivity (Wildman–Crippen MR) is 95.4 cm³/mol. The van der Waals surface area contributed by atoms with Crippen molar-refractivity contribution in [2.45, 2.75) is 6.61 Å². The van der Waals surface area contributed by atoms with E-state index in [-0.39, 0.29) is 0 Å². The molecule has 2 aromatic carbocycles. The monoisotopic (exact) mass is 334 g/mol. The molecule has 0 aliphatic carbocycles. The highest BCUT2D eigenvalue weighted by Gasteiger charge is 2.13. The normalized spacial score (nSPS) is 10.9. The summed E-state index contributed by atoms with van der Waals surface area (Å²) in [4.78, 5) is 12.2. The molecule has 0 unspecified atom stereocenters. The van der Waals surface area contributed by atoms with Gasteiger partial charge in [-0.05, 0) is 23.8 Å². The summed E-state index contributed by atoms with van der Waals surface area (Å²) in [5.41, 5.74) is 2.41. The Morgan fingerprint density at radius 2 is 1.76 bits per heavy atom. The van der Waals surface area contributed by atoms with Crippen LogP contribution in [0, 0.1) is 0 Å². The Kier molecular flexibility index (Phi) is 5.39. The van der Waals surface area contributed by atoms with E-state index < -0.39 is 5.97 Å². The smallest absolute Gasteiger partial charge is 0.337 e. The maximum atomic E-state index is 12.2. The van der Waals surface area contributed by atoms with Crippen LogP contribution in [0.5, 0.6) is 5.88 Å². The van der Waals surface area contributed by atoms with Gasteiger partial charge in [0.05, 0.1) is 18.0 Å². The summed E-state index contributed by atoms with van der Waals surface area (Å²) in [7, 11) is 1.59. The van der Waals surface area contributed by atoms with Crippen molar-refractivity contribution in [1.29, 1.82) is 0 Å². The molecule has 5 heteroatoms. The zero-order valence-corrected chi connectivity index (χ0v) is 13.8. The number of nitrogens with zero attached hydrogens (tertiary/aromatic N) is 2. The van der Waals surface area contributed by atoms with Crippen LogP contribution in [0.1, 0.15) is 11.3 Å². The van der Waals surface area contributed by atoms with Crippen molar-refractivity contribution in [2.75, 3.05) is 7.11 Å². The van der Waals surface area contributed by atoms with Crippen LogP contribution in [0.3, 0.4) is 0 Å². The molecule has 0 aliphatic heterocycles. The molecule has 0 bridgehead atoms. The fourth-order valence-electron chi connectivity index (χ4n) is 2.32. The number of aromatic nitrogens is 2. The number of hydrogen-bond acceptors (Lipinski definition) is 4. The fourth-order valence-corrected chi connectivity index (χ4v) is 2.32. The SMILES string of the molecule is COCc1cc(OC(=O)/C=C/c2ccccc2)n(-c2ccccc2)n1. The molecule has 0 aliphatic rings. The van der Waals surface area contributed by atoms with E-state index in [0.717, 1.165) is 11.3 Å². The minimum absolute atomic E-state index is 0.338. The number of methoxy groups -OCH3 is 1. The second-order valence-corrected chi connectivity index (χ2v) is 5.32. The van der Waals surface area contributed by atoms with Crippen molar-refractivity contribution >= 4 is 12.0 Å². The van der Waals surface area contributed by atoms with Gasteiger partial charge in [0, 0.05) is 19.3 Å². The summed E-state index contributed by atoms with van der Waals surface area (Å²) >= 11 is 0. The molecular weight excluding hydrogens is 316 g/mol.